The molecule has 22 heavy (non-hydrogen) atoms. The molecule has 1 saturated carbocycles. The van der Waals surface area contributed by atoms with E-state index in [1.807, 2.05) is 0 Å². The Morgan fingerprint density at radius 3 is 2.55 bits per heavy atom. The Morgan fingerprint density at radius 1 is 1.23 bits per heavy atom. The lowest BCUT2D eigenvalue weighted by Crippen LogP contribution is -2.59. The van der Waals surface area contributed by atoms with Crippen LogP contribution in [0, 0.1) is 17.8 Å². The highest BCUT2D eigenvalue weighted by atomic mass is 16.3. The molecule has 5 nitrogen and oxygen atoms in total. The van der Waals surface area contributed by atoms with E-state index in [4.69, 9.17) is 0 Å². The maximum Gasteiger partial charge on any atom is 0.190 e. The quantitative estimate of drug-likeness (QED) is 0.614. The minimum atomic E-state index is -1.73. The van der Waals surface area contributed by atoms with Crippen LogP contribution in [0.3, 0.4) is 0 Å². The van der Waals surface area contributed by atoms with Gasteiger partial charge in [-0.2, -0.15) is 0 Å². The number of fused-ring (bicyclic) bond motifs is 3. The molecule has 0 unspecified atom stereocenters. The maximum absolute atomic E-state index is 12.5. The summed E-state index contributed by atoms with van der Waals surface area (Å²) in [5, 5.41) is 32.0. The zero-order valence-corrected chi connectivity index (χ0v) is 12.9. The van der Waals surface area contributed by atoms with Crippen LogP contribution in [0.25, 0.3) is 0 Å². The molecular weight excluding hydrogens is 284 g/mol. The fraction of sp³-hybridized carbons (Fsp3) is 0.647. The van der Waals surface area contributed by atoms with Crippen molar-refractivity contribution in [3.63, 3.8) is 0 Å². The number of Topliss-reactive ketones (excluding diaryl/α,β-unsaturated/α-hetero) is 2. The molecule has 3 N–H and O–H groups in total. The molecule has 0 aromatic heterocycles. The zero-order chi connectivity index (χ0) is 16.3. The van der Waals surface area contributed by atoms with Crippen LogP contribution in [0.2, 0.25) is 0 Å². The molecule has 0 saturated heterocycles. The Balaban J connectivity index is 2.18. The van der Waals surface area contributed by atoms with Crippen LogP contribution in [0.5, 0.6) is 0 Å². The van der Waals surface area contributed by atoms with Gasteiger partial charge in [-0.15, -0.1) is 0 Å². The smallest absolute Gasteiger partial charge is 0.190 e. The van der Waals surface area contributed by atoms with Gasteiger partial charge in [0, 0.05) is 31.1 Å². The van der Waals surface area contributed by atoms with Gasteiger partial charge < -0.3 is 15.3 Å². The molecule has 5 atom stereocenters. The van der Waals surface area contributed by atoms with Crippen molar-refractivity contribution in [1.82, 2.24) is 0 Å². The van der Waals surface area contributed by atoms with Crippen LogP contribution in [0.1, 0.15) is 33.1 Å². The summed E-state index contributed by atoms with van der Waals surface area (Å²) >= 11 is 0. The highest BCUT2D eigenvalue weighted by molar-refractivity contribution is 6.05. The van der Waals surface area contributed by atoms with Gasteiger partial charge >= 0.3 is 0 Å². The monoisotopic (exact) mass is 306 g/mol. The summed E-state index contributed by atoms with van der Waals surface area (Å²) in [4.78, 5) is 24.4. The van der Waals surface area contributed by atoms with E-state index in [1.54, 1.807) is 26.0 Å². The molecule has 120 valence electrons. The minimum absolute atomic E-state index is 0.000556. The van der Waals surface area contributed by atoms with Crippen molar-refractivity contribution >= 4 is 11.6 Å². The third-order valence-corrected chi connectivity index (χ3v) is 5.68. The SMILES string of the molecule is CC1=C[C@@H]2[C@@]3(O)[C@H](C=C(CO)C[C@@]2(O)C1=O)CC(=O)C[C@@H]3C. The Bertz CT molecular complexity index is 604. The van der Waals surface area contributed by atoms with E-state index in [-0.39, 0.29) is 37.6 Å². The molecule has 3 aliphatic carbocycles. The van der Waals surface area contributed by atoms with E-state index in [1.165, 1.54) is 0 Å². The van der Waals surface area contributed by atoms with Crippen LogP contribution >= 0.6 is 0 Å². The van der Waals surface area contributed by atoms with Crippen molar-refractivity contribution in [2.75, 3.05) is 6.61 Å². The largest absolute Gasteiger partial charge is 0.392 e. The Kier molecular flexibility index (Phi) is 3.43. The number of carbonyl (C=O) groups is 2. The molecule has 3 aliphatic rings. The lowest BCUT2D eigenvalue weighted by molar-refractivity contribution is -0.170. The van der Waals surface area contributed by atoms with E-state index in [9.17, 15) is 24.9 Å². The number of aliphatic hydroxyl groups excluding tert-OH is 1. The van der Waals surface area contributed by atoms with E-state index in [0.29, 0.717) is 11.1 Å². The predicted molar refractivity (Wildman–Crippen MR) is 78.8 cm³/mol. The Hall–Kier alpha value is -1.30. The fourth-order valence-corrected chi connectivity index (χ4v) is 4.54. The molecule has 0 aliphatic heterocycles. The molecule has 3 rings (SSSR count). The van der Waals surface area contributed by atoms with Gasteiger partial charge in [-0.25, -0.2) is 0 Å². The molecule has 0 heterocycles. The number of ketones is 2. The number of hydrogen-bond donors (Lipinski definition) is 3. The van der Waals surface area contributed by atoms with Crippen molar-refractivity contribution in [1.29, 1.82) is 0 Å². The second kappa shape index (κ2) is 4.85. The summed E-state index contributed by atoms with van der Waals surface area (Å²) in [6.45, 7) is 3.12. The van der Waals surface area contributed by atoms with Crippen molar-refractivity contribution in [2.45, 2.75) is 44.3 Å². The van der Waals surface area contributed by atoms with Crippen molar-refractivity contribution in [3.05, 3.63) is 23.3 Å². The standard InChI is InChI=1S/C17H22O5/c1-9-3-14-16(21,15(9)20)7-11(8-18)5-12-6-13(19)4-10(2)17(12,14)22/h3,5,10,12,14,18,21-22H,4,6-8H2,1-2H3/t10-,12+,14-,16-,17-/m0/s1. The third kappa shape index (κ3) is 1.89. The molecule has 0 bridgehead atoms. The molecule has 1 fully saturated rings. The van der Waals surface area contributed by atoms with E-state index in [2.05, 4.69) is 0 Å². The van der Waals surface area contributed by atoms with Crippen LogP contribution in [0.4, 0.5) is 0 Å². The first-order chi connectivity index (χ1) is 10.2. The summed E-state index contributed by atoms with van der Waals surface area (Å²) in [7, 11) is 0. The Morgan fingerprint density at radius 2 is 1.91 bits per heavy atom. The first-order valence-corrected chi connectivity index (χ1v) is 7.73. The van der Waals surface area contributed by atoms with Gasteiger partial charge in [-0.1, -0.05) is 19.1 Å². The molecular formula is C17H22O5. The maximum atomic E-state index is 12.5. The molecule has 0 spiro atoms. The summed E-state index contributed by atoms with van der Waals surface area (Å²) in [6, 6.07) is 0. The van der Waals surface area contributed by atoms with Gasteiger partial charge in [0.1, 0.15) is 11.4 Å². The topological polar surface area (TPSA) is 94.8 Å². The zero-order valence-electron chi connectivity index (χ0n) is 12.9. The van der Waals surface area contributed by atoms with Gasteiger partial charge in [0.15, 0.2) is 5.78 Å². The normalized spacial score (nSPS) is 44.9. The van der Waals surface area contributed by atoms with E-state index >= 15 is 0 Å². The summed E-state index contributed by atoms with van der Waals surface area (Å²) in [6.07, 6.45) is 3.76. The van der Waals surface area contributed by atoms with E-state index in [0.717, 1.165) is 0 Å². The van der Waals surface area contributed by atoms with Gasteiger partial charge in [0.2, 0.25) is 0 Å². The first-order valence-electron chi connectivity index (χ1n) is 7.73. The number of aliphatic hydroxyl groups is 3. The molecule has 0 radical (unpaired) electrons. The predicted octanol–water partition coefficient (Wildman–Crippen LogP) is 0.531. The number of rotatable bonds is 1. The fourth-order valence-electron chi connectivity index (χ4n) is 4.54. The summed E-state index contributed by atoms with van der Waals surface area (Å²) in [5.74, 6) is -1.93. The second-order valence-electron chi connectivity index (χ2n) is 7.08. The van der Waals surface area contributed by atoms with Crippen molar-refractivity contribution in [2.24, 2.45) is 17.8 Å². The Labute approximate surface area is 129 Å². The third-order valence-electron chi connectivity index (χ3n) is 5.68. The van der Waals surface area contributed by atoms with Crippen molar-refractivity contribution < 1.29 is 24.9 Å². The van der Waals surface area contributed by atoms with Gasteiger partial charge in [0.25, 0.3) is 0 Å². The lowest BCUT2D eigenvalue weighted by Gasteiger charge is -2.48. The van der Waals surface area contributed by atoms with Crippen molar-refractivity contribution in [3.8, 4) is 0 Å². The van der Waals surface area contributed by atoms with Crippen LogP contribution in [0.15, 0.2) is 23.3 Å². The minimum Gasteiger partial charge on any atom is -0.392 e. The van der Waals surface area contributed by atoms with Crippen LogP contribution in [-0.4, -0.2) is 44.7 Å². The highest BCUT2D eigenvalue weighted by Crippen LogP contribution is 2.53. The molecule has 0 aromatic carbocycles. The number of carbonyl (C=O) groups excluding carboxylic acids is 2. The second-order valence-corrected chi connectivity index (χ2v) is 7.08. The van der Waals surface area contributed by atoms with Gasteiger partial charge in [0.05, 0.1) is 12.2 Å². The average molecular weight is 306 g/mol. The first kappa shape index (κ1) is 15.6. The van der Waals surface area contributed by atoms with Gasteiger partial charge in [-0.05, 0) is 24.0 Å². The van der Waals surface area contributed by atoms with Crippen LogP contribution < -0.4 is 0 Å². The molecule has 0 amide bonds. The average Bonchev–Trinajstić information content (AvgIpc) is 2.62. The lowest BCUT2D eigenvalue weighted by atomic mass is 9.60. The molecule has 0 aromatic rings. The van der Waals surface area contributed by atoms with Gasteiger partial charge in [-0.3, -0.25) is 9.59 Å². The highest BCUT2D eigenvalue weighted by Gasteiger charge is 2.63. The summed E-state index contributed by atoms with van der Waals surface area (Å²) in [5.41, 5.74) is -2.14. The molecule has 5 heteroatoms. The summed E-state index contributed by atoms with van der Waals surface area (Å²) < 4.78 is 0. The van der Waals surface area contributed by atoms with Crippen LogP contribution in [-0.2, 0) is 9.59 Å². The number of hydrogen-bond acceptors (Lipinski definition) is 5. The van der Waals surface area contributed by atoms with E-state index < -0.39 is 28.8 Å².